The molecule has 0 saturated heterocycles. The van der Waals surface area contributed by atoms with Crippen molar-refractivity contribution in [2.75, 3.05) is 14.2 Å². The zero-order valence-corrected chi connectivity index (χ0v) is 17.1. The van der Waals surface area contributed by atoms with Crippen molar-refractivity contribution in [1.82, 2.24) is 9.97 Å². The Kier molecular flexibility index (Phi) is 5.12. The average Bonchev–Trinajstić information content (AvgIpc) is 3.17. The van der Waals surface area contributed by atoms with E-state index in [1.807, 2.05) is 49.4 Å². The lowest BCUT2D eigenvalue weighted by Gasteiger charge is -2.17. The molecule has 0 fully saturated rings. The summed E-state index contributed by atoms with van der Waals surface area (Å²) in [5.41, 5.74) is 5.86. The Bertz CT molecular complexity index is 1150. The molecule has 0 aliphatic carbocycles. The SMILES string of the molecule is COc1ccc2nc(-c3cc(OC)c(C)c(OCc4ccccc4)c3C)[nH]c2c1. The molecule has 0 aliphatic rings. The normalized spacial score (nSPS) is 10.9. The summed E-state index contributed by atoms with van der Waals surface area (Å²) in [5.74, 6) is 3.15. The molecule has 0 aliphatic heterocycles. The van der Waals surface area contributed by atoms with Gasteiger partial charge in [0.1, 0.15) is 29.7 Å². The number of aromatic nitrogens is 2. The molecule has 1 heterocycles. The molecule has 29 heavy (non-hydrogen) atoms. The van der Waals surface area contributed by atoms with E-state index in [0.29, 0.717) is 6.61 Å². The molecule has 5 nitrogen and oxygen atoms in total. The van der Waals surface area contributed by atoms with Crippen LogP contribution in [0.5, 0.6) is 17.2 Å². The van der Waals surface area contributed by atoms with Crippen molar-refractivity contribution < 1.29 is 14.2 Å². The van der Waals surface area contributed by atoms with Crippen LogP contribution < -0.4 is 14.2 Å². The van der Waals surface area contributed by atoms with Gasteiger partial charge in [-0.3, -0.25) is 0 Å². The van der Waals surface area contributed by atoms with Crippen LogP contribution in [0.3, 0.4) is 0 Å². The van der Waals surface area contributed by atoms with Crippen LogP contribution in [0.15, 0.2) is 54.6 Å². The second-order valence-corrected chi connectivity index (χ2v) is 6.95. The van der Waals surface area contributed by atoms with Crippen LogP contribution in [0.4, 0.5) is 0 Å². The highest BCUT2D eigenvalue weighted by Gasteiger charge is 2.18. The lowest BCUT2D eigenvalue weighted by Crippen LogP contribution is -2.02. The van der Waals surface area contributed by atoms with Crippen molar-refractivity contribution in [2.24, 2.45) is 0 Å². The Morgan fingerprint density at radius 2 is 1.69 bits per heavy atom. The van der Waals surface area contributed by atoms with Crippen molar-refractivity contribution in [3.8, 4) is 28.6 Å². The minimum atomic E-state index is 0.493. The van der Waals surface area contributed by atoms with E-state index in [-0.39, 0.29) is 0 Å². The minimum Gasteiger partial charge on any atom is -0.497 e. The highest BCUT2D eigenvalue weighted by atomic mass is 16.5. The average molecular weight is 388 g/mol. The van der Waals surface area contributed by atoms with Gasteiger partial charge in [-0.15, -0.1) is 0 Å². The first kappa shape index (κ1) is 18.9. The van der Waals surface area contributed by atoms with Crippen LogP contribution in [-0.4, -0.2) is 24.2 Å². The molecule has 0 bridgehead atoms. The van der Waals surface area contributed by atoms with Gasteiger partial charge in [-0.2, -0.15) is 0 Å². The molecule has 3 aromatic carbocycles. The second kappa shape index (κ2) is 7.87. The van der Waals surface area contributed by atoms with E-state index in [1.165, 1.54) is 0 Å². The second-order valence-electron chi connectivity index (χ2n) is 6.95. The van der Waals surface area contributed by atoms with Crippen LogP contribution >= 0.6 is 0 Å². The van der Waals surface area contributed by atoms with Gasteiger partial charge in [-0.05, 0) is 37.6 Å². The molecule has 1 aromatic heterocycles. The third-order valence-electron chi connectivity index (χ3n) is 5.12. The zero-order valence-electron chi connectivity index (χ0n) is 17.1. The van der Waals surface area contributed by atoms with E-state index in [2.05, 4.69) is 24.0 Å². The van der Waals surface area contributed by atoms with Gasteiger partial charge in [0.15, 0.2) is 0 Å². The highest BCUT2D eigenvalue weighted by Crippen LogP contribution is 2.39. The number of benzene rings is 3. The van der Waals surface area contributed by atoms with Crippen molar-refractivity contribution >= 4 is 11.0 Å². The van der Waals surface area contributed by atoms with E-state index in [0.717, 1.165) is 56.4 Å². The molecular formula is C24H24N2O3. The van der Waals surface area contributed by atoms with Crippen LogP contribution in [0, 0.1) is 13.8 Å². The highest BCUT2D eigenvalue weighted by molar-refractivity contribution is 5.82. The number of nitrogens with one attached hydrogen (secondary N) is 1. The number of imidazole rings is 1. The standard InChI is InChI=1S/C24H24N2O3/c1-15-19(24-25-20-11-10-18(27-3)12-21(20)26-24)13-22(28-4)16(2)23(15)29-14-17-8-6-5-7-9-17/h5-13H,14H2,1-4H3,(H,25,26). The number of nitrogens with zero attached hydrogens (tertiary/aromatic N) is 1. The molecule has 4 rings (SSSR count). The molecule has 1 N–H and O–H groups in total. The molecule has 4 aromatic rings. The Hall–Kier alpha value is -3.47. The van der Waals surface area contributed by atoms with E-state index in [9.17, 15) is 0 Å². The lowest BCUT2D eigenvalue weighted by atomic mass is 10.0. The van der Waals surface area contributed by atoms with E-state index >= 15 is 0 Å². The van der Waals surface area contributed by atoms with Crippen molar-refractivity contribution in [3.63, 3.8) is 0 Å². The Labute approximate surface area is 170 Å². The molecule has 0 amide bonds. The summed E-state index contributed by atoms with van der Waals surface area (Å²) in [6, 6.07) is 17.9. The van der Waals surface area contributed by atoms with Crippen LogP contribution in [0.25, 0.3) is 22.4 Å². The molecule has 0 saturated carbocycles. The molecule has 5 heteroatoms. The molecule has 0 atom stereocenters. The third kappa shape index (κ3) is 3.63. The Balaban J connectivity index is 1.77. The number of H-pyrrole nitrogens is 1. The number of methoxy groups -OCH3 is 2. The van der Waals surface area contributed by atoms with Crippen molar-refractivity contribution in [3.05, 3.63) is 71.3 Å². The number of ether oxygens (including phenoxy) is 3. The predicted molar refractivity (Wildman–Crippen MR) is 115 cm³/mol. The predicted octanol–water partition coefficient (Wildman–Crippen LogP) is 5.44. The van der Waals surface area contributed by atoms with Gasteiger partial charge in [-0.1, -0.05) is 30.3 Å². The molecule has 0 unspecified atom stereocenters. The summed E-state index contributed by atoms with van der Waals surface area (Å²) in [4.78, 5) is 8.16. The summed E-state index contributed by atoms with van der Waals surface area (Å²) in [7, 11) is 3.33. The first-order valence-electron chi connectivity index (χ1n) is 9.49. The lowest BCUT2D eigenvalue weighted by molar-refractivity contribution is 0.299. The van der Waals surface area contributed by atoms with Crippen molar-refractivity contribution in [1.29, 1.82) is 0 Å². The fourth-order valence-electron chi connectivity index (χ4n) is 3.51. The zero-order chi connectivity index (χ0) is 20.4. The molecule has 0 spiro atoms. The fraction of sp³-hybridized carbons (Fsp3) is 0.208. The van der Waals surface area contributed by atoms with Gasteiger partial charge >= 0.3 is 0 Å². The maximum Gasteiger partial charge on any atom is 0.139 e. The Morgan fingerprint density at radius 1 is 0.897 bits per heavy atom. The topological polar surface area (TPSA) is 56.4 Å². The van der Waals surface area contributed by atoms with E-state index < -0.39 is 0 Å². The van der Waals surface area contributed by atoms with Gasteiger partial charge in [0, 0.05) is 22.8 Å². The third-order valence-corrected chi connectivity index (χ3v) is 5.12. The van der Waals surface area contributed by atoms with Crippen LogP contribution in [0.2, 0.25) is 0 Å². The van der Waals surface area contributed by atoms with Crippen LogP contribution in [0.1, 0.15) is 16.7 Å². The van der Waals surface area contributed by atoms with Gasteiger partial charge in [0.05, 0.1) is 25.3 Å². The fourth-order valence-corrected chi connectivity index (χ4v) is 3.51. The van der Waals surface area contributed by atoms with E-state index in [4.69, 9.17) is 19.2 Å². The number of hydrogen-bond acceptors (Lipinski definition) is 4. The van der Waals surface area contributed by atoms with Crippen LogP contribution in [-0.2, 0) is 6.61 Å². The summed E-state index contributed by atoms with van der Waals surface area (Å²) >= 11 is 0. The summed E-state index contributed by atoms with van der Waals surface area (Å²) in [5, 5.41) is 0. The van der Waals surface area contributed by atoms with E-state index in [1.54, 1.807) is 14.2 Å². The van der Waals surface area contributed by atoms with Crippen molar-refractivity contribution in [2.45, 2.75) is 20.5 Å². The quantitative estimate of drug-likeness (QED) is 0.478. The first-order chi connectivity index (χ1) is 14.1. The summed E-state index contributed by atoms with van der Waals surface area (Å²) < 4.78 is 17.2. The number of rotatable bonds is 6. The van der Waals surface area contributed by atoms with Gasteiger partial charge in [0.25, 0.3) is 0 Å². The first-order valence-corrected chi connectivity index (χ1v) is 9.49. The number of fused-ring (bicyclic) bond motifs is 1. The summed E-state index contributed by atoms with van der Waals surface area (Å²) in [6.07, 6.45) is 0. The largest absolute Gasteiger partial charge is 0.497 e. The van der Waals surface area contributed by atoms with Gasteiger partial charge in [-0.25, -0.2) is 4.98 Å². The maximum absolute atomic E-state index is 6.23. The number of aromatic amines is 1. The summed E-state index contributed by atoms with van der Waals surface area (Å²) in [6.45, 7) is 4.56. The monoisotopic (exact) mass is 388 g/mol. The maximum atomic E-state index is 6.23. The molecule has 0 radical (unpaired) electrons. The molecular weight excluding hydrogens is 364 g/mol. The number of hydrogen-bond donors (Lipinski definition) is 1. The van der Waals surface area contributed by atoms with Gasteiger partial charge < -0.3 is 19.2 Å². The Morgan fingerprint density at radius 3 is 2.41 bits per heavy atom. The smallest absolute Gasteiger partial charge is 0.139 e. The minimum absolute atomic E-state index is 0.493. The molecule has 148 valence electrons. The van der Waals surface area contributed by atoms with Gasteiger partial charge in [0.2, 0.25) is 0 Å².